The van der Waals surface area contributed by atoms with E-state index in [4.69, 9.17) is 0 Å². The number of β-amino-alcohol motifs (C(OH)–C–C–N with tert-alkyl or cyclic N) is 1. The molecule has 3 saturated heterocycles. The topological polar surface area (TPSA) is 59.9 Å². The van der Waals surface area contributed by atoms with Crippen molar-refractivity contribution >= 4 is 11.7 Å². The maximum atomic E-state index is 12.9. The molecule has 6 heteroatoms. The summed E-state index contributed by atoms with van der Waals surface area (Å²) in [7, 11) is 0. The SMILES string of the molecule is O=C(c1ccnc(N2CCCC2)c1)N1CC[C@@](O)(CN2CCCC2)C1. The first-order chi connectivity index (χ1) is 12.1. The van der Waals surface area contributed by atoms with Gasteiger partial charge in [0.25, 0.3) is 5.91 Å². The van der Waals surface area contributed by atoms with Gasteiger partial charge in [0.1, 0.15) is 5.82 Å². The van der Waals surface area contributed by atoms with Crippen molar-refractivity contribution in [3.05, 3.63) is 23.9 Å². The van der Waals surface area contributed by atoms with Crippen molar-refractivity contribution in [1.29, 1.82) is 0 Å². The summed E-state index contributed by atoms with van der Waals surface area (Å²) < 4.78 is 0. The second kappa shape index (κ2) is 6.92. The Hall–Kier alpha value is -1.66. The molecule has 3 aliphatic heterocycles. The van der Waals surface area contributed by atoms with E-state index in [1.54, 1.807) is 17.2 Å². The first kappa shape index (κ1) is 16.8. The second-order valence-corrected chi connectivity index (χ2v) is 7.78. The lowest BCUT2D eigenvalue weighted by Crippen LogP contribution is -2.45. The maximum Gasteiger partial charge on any atom is 0.254 e. The molecule has 0 radical (unpaired) electrons. The van der Waals surface area contributed by atoms with Gasteiger partial charge in [-0.3, -0.25) is 4.79 Å². The molecule has 0 saturated carbocycles. The van der Waals surface area contributed by atoms with E-state index in [0.29, 0.717) is 31.6 Å². The van der Waals surface area contributed by atoms with Crippen LogP contribution in [-0.2, 0) is 0 Å². The maximum absolute atomic E-state index is 12.9. The van der Waals surface area contributed by atoms with Gasteiger partial charge in [-0.1, -0.05) is 0 Å². The minimum atomic E-state index is -0.759. The Balaban J connectivity index is 1.42. The van der Waals surface area contributed by atoms with Crippen LogP contribution in [0.3, 0.4) is 0 Å². The second-order valence-electron chi connectivity index (χ2n) is 7.78. The summed E-state index contributed by atoms with van der Waals surface area (Å²) in [6, 6.07) is 3.70. The van der Waals surface area contributed by atoms with E-state index in [9.17, 15) is 9.90 Å². The molecule has 1 atom stereocenters. The number of pyridine rings is 1. The molecule has 3 aliphatic rings. The molecule has 4 rings (SSSR count). The Labute approximate surface area is 149 Å². The molecule has 0 spiro atoms. The molecule has 1 aromatic heterocycles. The Morgan fingerprint density at radius 1 is 1.12 bits per heavy atom. The van der Waals surface area contributed by atoms with Gasteiger partial charge in [0.2, 0.25) is 0 Å². The molecule has 6 nitrogen and oxygen atoms in total. The Bertz CT molecular complexity index is 626. The third-order valence-electron chi connectivity index (χ3n) is 5.76. The molecule has 1 amide bonds. The molecule has 25 heavy (non-hydrogen) atoms. The lowest BCUT2D eigenvalue weighted by molar-refractivity contribution is 0.0175. The van der Waals surface area contributed by atoms with Crippen molar-refractivity contribution in [3.63, 3.8) is 0 Å². The van der Waals surface area contributed by atoms with Crippen LogP contribution >= 0.6 is 0 Å². The summed E-state index contributed by atoms with van der Waals surface area (Å²) in [5.74, 6) is 0.912. The first-order valence-electron chi connectivity index (χ1n) is 9.58. The average Bonchev–Trinajstić information content (AvgIpc) is 3.36. The number of rotatable bonds is 4. The van der Waals surface area contributed by atoms with E-state index in [0.717, 1.165) is 32.0 Å². The minimum absolute atomic E-state index is 0.0141. The number of hydrogen-bond donors (Lipinski definition) is 1. The predicted octanol–water partition coefficient (Wildman–Crippen LogP) is 1.35. The van der Waals surface area contributed by atoms with E-state index in [1.807, 2.05) is 6.07 Å². The summed E-state index contributed by atoms with van der Waals surface area (Å²) in [5.41, 5.74) is -0.0764. The zero-order valence-corrected chi connectivity index (χ0v) is 14.9. The number of nitrogens with zero attached hydrogens (tertiary/aromatic N) is 4. The molecule has 0 unspecified atom stereocenters. The van der Waals surface area contributed by atoms with Gasteiger partial charge in [0.15, 0.2) is 0 Å². The zero-order valence-electron chi connectivity index (χ0n) is 14.9. The van der Waals surface area contributed by atoms with E-state index >= 15 is 0 Å². The molecule has 1 aromatic rings. The Morgan fingerprint density at radius 3 is 2.60 bits per heavy atom. The molecular formula is C19H28N4O2. The van der Waals surface area contributed by atoms with Crippen LogP contribution in [0.15, 0.2) is 18.3 Å². The molecule has 0 aromatic carbocycles. The van der Waals surface area contributed by atoms with Crippen LogP contribution < -0.4 is 4.90 Å². The Morgan fingerprint density at radius 2 is 1.84 bits per heavy atom. The minimum Gasteiger partial charge on any atom is -0.387 e. The normalized spacial score (nSPS) is 27.4. The monoisotopic (exact) mass is 344 g/mol. The zero-order chi connectivity index (χ0) is 17.3. The van der Waals surface area contributed by atoms with Gasteiger partial charge < -0.3 is 19.8 Å². The van der Waals surface area contributed by atoms with Crippen molar-refractivity contribution in [2.75, 3.05) is 50.7 Å². The van der Waals surface area contributed by atoms with Crippen LogP contribution in [0, 0.1) is 0 Å². The fourth-order valence-corrected chi connectivity index (χ4v) is 4.37. The van der Waals surface area contributed by atoms with Crippen molar-refractivity contribution in [3.8, 4) is 0 Å². The third-order valence-corrected chi connectivity index (χ3v) is 5.76. The largest absolute Gasteiger partial charge is 0.387 e. The van der Waals surface area contributed by atoms with E-state index < -0.39 is 5.60 Å². The van der Waals surface area contributed by atoms with Crippen LogP contribution in [0.4, 0.5) is 5.82 Å². The number of carbonyl (C=O) groups excluding carboxylic acids is 1. The van der Waals surface area contributed by atoms with Crippen LogP contribution in [0.25, 0.3) is 0 Å². The highest BCUT2D eigenvalue weighted by atomic mass is 16.3. The molecule has 4 heterocycles. The van der Waals surface area contributed by atoms with Crippen molar-refractivity contribution < 1.29 is 9.90 Å². The average molecular weight is 344 g/mol. The van der Waals surface area contributed by atoms with Crippen LogP contribution in [0.2, 0.25) is 0 Å². The van der Waals surface area contributed by atoms with Crippen molar-refractivity contribution in [2.45, 2.75) is 37.7 Å². The summed E-state index contributed by atoms with van der Waals surface area (Å²) in [6.45, 7) is 5.92. The van der Waals surface area contributed by atoms with Crippen LogP contribution in [0.1, 0.15) is 42.5 Å². The Kier molecular flexibility index (Phi) is 4.65. The number of aromatic nitrogens is 1. The van der Waals surface area contributed by atoms with Crippen molar-refractivity contribution in [2.24, 2.45) is 0 Å². The first-order valence-corrected chi connectivity index (χ1v) is 9.58. The number of aliphatic hydroxyl groups is 1. The summed E-state index contributed by atoms with van der Waals surface area (Å²) >= 11 is 0. The predicted molar refractivity (Wildman–Crippen MR) is 96.8 cm³/mol. The summed E-state index contributed by atoms with van der Waals surface area (Å²) in [5, 5.41) is 10.9. The van der Waals surface area contributed by atoms with E-state index in [-0.39, 0.29) is 5.91 Å². The fourth-order valence-electron chi connectivity index (χ4n) is 4.37. The molecular weight excluding hydrogens is 316 g/mol. The molecule has 0 aliphatic carbocycles. The number of hydrogen-bond acceptors (Lipinski definition) is 5. The molecule has 0 bridgehead atoms. The highest BCUT2D eigenvalue weighted by Crippen LogP contribution is 2.26. The third kappa shape index (κ3) is 3.65. The van der Waals surface area contributed by atoms with Crippen molar-refractivity contribution in [1.82, 2.24) is 14.8 Å². The summed E-state index contributed by atoms with van der Waals surface area (Å²) in [4.78, 5) is 23.7. The smallest absolute Gasteiger partial charge is 0.254 e. The fraction of sp³-hybridized carbons (Fsp3) is 0.684. The van der Waals surface area contributed by atoms with Gasteiger partial charge in [-0.25, -0.2) is 4.98 Å². The van der Waals surface area contributed by atoms with Gasteiger partial charge in [-0.05, 0) is 57.3 Å². The van der Waals surface area contributed by atoms with E-state index in [1.165, 1.54) is 25.7 Å². The standard InChI is InChI=1S/C19H28N4O2/c24-18(16-5-7-20-17(13-16)22-10-3-4-11-22)23-12-6-19(25,15-23)14-21-8-1-2-9-21/h5,7,13,25H,1-4,6,8-12,14-15H2/t19-/m1/s1. The molecule has 136 valence electrons. The number of anilines is 1. The quantitative estimate of drug-likeness (QED) is 0.894. The van der Waals surface area contributed by atoms with Crippen LogP contribution in [-0.4, -0.2) is 77.2 Å². The highest BCUT2D eigenvalue weighted by Gasteiger charge is 2.40. The lowest BCUT2D eigenvalue weighted by Gasteiger charge is -2.28. The lowest BCUT2D eigenvalue weighted by atomic mass is 10.0. The highest BCUT2D eigenvalue weighted by molar-refractivity contribution is 5.95. The number of amides is 1. The molecule has 3 fully saturated rings. The summed E-state index contributed by atoms with van der Waals surface area (Å²) in [6.07, 6.45) is 7.21. The van der Waals surface area contributed by atoms with Gasteiger partial charge in [-0.15, -0.1) is 0 Å². The van der Waals surface area contributed by atoms with Crippen LogP contribution in [0.5, 0.6) is 0 Å². The molecule has 1 N–H and O–H groups in total. The number of carbonyl (C=O) groups is 1. The van der Waals surface area contributed by atoms with Gasteiger partial charge in [-0.2, -0.15) is 0 Å². The van der Waals surface area contributed by atoms with Gasteiger partial charge >= 0.3 is 0 Å². The number of likely N-dealkylation sites (tertiary alicyclic amines) is 2. The van der Waals surface area contributed by atoms with E-state index in [2.05, 4.69) is 14.8 Å². The van der Waals surface area contributed by atoms with Gasteiger partial charge in [0, 0.05) is 37.9 Å². The van der Waals surface area contributed by atoms with Gasteiger partial charge in [0.05, 0.1) is 12.1 Å².